The van der Waals surface area contributed by atoms with Gasteiger partial charge in [0.15, 0.2) is 0 Å². The number of aryl methyl sites for hydroxylation is 2. The minimum absolute atomic E-state index is 0. The Morgan fingerprint density at radius 2 is 1.30 bits per heavy atom. The van der Waals surface area contributed by atoms with E-state index in [0.29, 0.717) is 5.92 Å². The number of imidazole rings is 1. The first-order valence-electron chi connectivity index (χ1n) is 14.0. The topological polar surface area (TPSA) is 17.3 Å². The molecule has 7 aromatic rings. The summed E-state index contributed by atoms with van der Waals surface area (Å²) in [5, 5.41) is 3.46. The molecule has 0 bridgehead atoms. The molecule has 2 radical (unpaired) electrons. The summed E-state index contributed by atoms with van der Waals surface area (Å²) in [6, 6.07) is 40.7. The van der Waals surface area contributed by atoms with Crippen LogP contribution < -0.4 is 0 Å². The SMILES string of the molecule is Cc1cc2c3ccc[c-]c3c3ncc(-c4c(-c5ccccc5)cc(C(C)C)cc4-c4ccccc4)n3c2cc1C.[CH3-].[Ir].[Y]. The maximum absolute atomic E-state index is 5.08. The van der Waals surface area contributed by atoms with Gasteiger partial charge in [-0.05, 0) is 70.2 Å². The zero-order chi connectivity index (χ0) is 27.4. The van der Waals surface area contributed by atoms with Crippen molar-refractivity contribution in [3.63, 3.8) is 0 Å². The molecule has 0 saturated carbocycles. The second-order valence-corrected chi connectivity index (χ2v) is 11.1. The molecule has 2 aromatic heterocycles. The van der Waals surface area contributed by atoms with Crippen LogP contribution >= 0.6 is 0 Å². The average molecular weight is 812 g/mol. The molecule has 0 fully saturated rings. The maximum atomic E-state index is 5.08. The Hall–Kier alpha value is -2.94. The Morgan fingerprint density at radius 1 is 0.721 bits per heavy atom. The third-order valence-electron chi connectivity index (χ3n) is 8.24. The van der Waals surface area contributed by atoms with Crippen molar-refractivity contribution in [2.45, 2.75) is 33.6 Å². The first-order chi connectivity index (χ1) is 19.5. The van der Waals surface area contributed by atoms with Crippen molar-refractivity contribution in [3.05, 3.63) is 140 Å². The van der Waals surface area contributed by atoms with Crippen LogP contribution in [0.4, 0.5) is 0 Å². The summed E-state index contributed by atoms with van der Waals surface area (Å²) in [6.07, 6.45) is 2.06. The van der Waals surface area contributed by atoms with E-state index in [1.54, 1.807) is 0 Å². The molecule has 0 aliphatic rings. The summed E-state index contributed by atoms with van der Waals surface area (Å²) in [5.41, 5.74) is 13.1. The van der Waals surface area contributed by atoms with Gasteiger partial charge in [-0.15, -0.1) is 29.7 Å². The smallest absolute Gasteiger partial charge is 0.0646 e. The van der Waals surface area contributed by atoms with Crippen molar-refractivity contribution < 1.29 is 52.8 Å². The number of fused-ring (bicyclic) bond motifs is 6. The number of benzene rings is 5. The molecule has 5 aromatic carbocycles. The molecular formula is C39H34IrN2Y-2. The van der Waals surface area contributed by atoms with Crippen LogP contribution in [0, 0.1) is 27.3 Å². The molecule has 0 saturated heterocycles. The van der Waals surface area contributed by atoms with Crippen LogP contribution in [0.25, 0.3) is 60.8 Å². The minimum atomic E-state index is 0. The predicted octanol–water partition coefficient (Wildman–Crippen LogP) is 10.6. The third-order valence-corrected chi connectivity index (χ3v) is 8.24. The molecular weight excluding hydrogens is 778 g/mol. The minimum Gasteiger partial charge on any atom is -0.358 e. The van der Waals surface area contributed by atoms with E-state index < -0.39 is 0 Å². The number of rotatable bonds is 4. The van der Waals surface area contributed by atoms with Crippen molar-refractivity contribution in [2.75, 3.05) is 0 Å². The Morgan fingerprint density at radius 3 is 1.88 bits per heavy atom. The zero-order valence-corrected chi connectivity index (χ0v) is 30.5. The normalized spacial score (nSPS) is 10.9. The van der Waals surface area contributed by atoms with Crippen molar-refractivity contribution >= 4 is 27.3 Å². The van der Waals surface area contributed by atoms with Gasteiger partial charge in [0, 0.05) is 70.1 Å². The van der Waals surface area contributed by atoms with Crippen LogP contribution in [0.15, 0.2) is 109 Å². The van der Waals surface area contributed by atoms with Gasteiger partial charge in [0.05, 0.1) is 11.3 Å². The Balaban J connectivity index is 0.00000141. The van der Waals surface area contributed by atoms with Crippen LogP contribution in [0.3, 0.4) is 0 Å². The number of hydrogen-bond acceptors (Lipinski definition) is 1. The molecule has 214 valence electrons. The van der Waals surface area contributed by atoms with Crippen molar-refractivity contribution in [3.8, 4) is 33.5 Å². The van der Waals surface area contributed by atoms with Gasteiger partial charge in [-0.1, -0.05) is 98.1 Å². The van der Waals surface area contributed by atoms with Crippen molar-refractivity contribution in [1.82, 2.24) is 9.38 Å². The van der Waals surface area contributed by atoms with Crippen LogP contribution in [0.1, 0.15) is 36.5 Å². The predicted molar refractivity (Wildman–Crippen MR) is 175 cm³/mol. The molecule has 0 N–H and O–H groups in total. The quantitative estimate of drug-likeness (QED) is 0.128. The fraction of sp³-hybridized carbons (Fsp3) is 0.128. The van der Waals surface area contributed by atoms with Crippen molar-refractivity contribution in [2.24, 2.45) is 0 Å². The molecule has 43 heavy (non-hydrogen) atoms. The van der Waals surface area contributed by atoms with E-state index in [0.717, 1.165) is 16.7 Å². The van der Waals surface area contributed by atoms with Gasteiger partial charge in [-0.25, -0.2) is 0 Å². The molecule has 7 rings (SSSR count). The van der Waals surface area contributed by atoms with Crippen molar-refractivity contribution in [1.29, 1.82) is 0 Å². The number of hydrogen-bond donors (Lipinski definition) is 0. The van der Waals surface area contributed by atoms with E-state index in [2.05, 4.69) is 141 Å². The summed E-state index contributed by atoms with van der Waals surface area (Å²) < 4.78 is 2.36. The van der Waals surface area contributed by atoms with Crippen LogP contribution in [0.5, 0.6) is 0 Å². The van der Waals surface area contributed by atoms with Crippen LogP contribution in [-0.4, -0.2) is 9.38 Å². The molecule has 0 spiro atoms. The number of pyridine rings is 1. The van der Waals surface area contributed by atoms with Gasteiger partial charge in [-0.3, -0.25) is 4.98 Å². The van der Waals surface area contributed by atoms with Crippen LogP contribution in [-0.2, 0) is 52.8 Å². The average Bonchev–Trinajstić information content (AvgIpc) is 3.43. The second kappa shape index (κ2) is 13.4. The first kappa shape index (κ1) is 33.0. The monoisotopic (exact) mass is 812 g/mol. The molecule has 0 unspecified atom stereocenters. The summed E-state index contributed by atoms with van der Waals surface area (Å²) in [4.78, 5) is 5.08. The van der Waals surface area contributed by atoms with Gasteiger partial charge in [0.25, 0.3) is 0 Å². The number of nitrogens with zero attached hydrogens (tertiary/aromatic N) is 2. The molecule has 0 amide bonds. The molecule has 0 aliphatic carbocycles. The van der Waals surface area contributed by atoms with E-state index >= 15 is 0 Å². The standard InChI is InChI=1S/C38H31N2.CH3.Ir.Y/c1-24(2)29-21-32(27-13-7-5-8-14-27)37(33(22-29)28-15-9-6-10-16-28)36-23-39-38-31-18-12-11-17-30(31)34-19-25(3)26(4)20-35(34)40(36)38;;;/h5-17,19-24H,1-4H3;1H3;;/q2*-1;;. The Kier molecular flexibility index (Phi) is 10.2. The van der Waals surface area contributed by atoms with Gasteiger partial charge in [-0.2, -0.15) is 0 Å². The Bertz CT molecular complexity index is 1980. The Labute approximate surface area is 293 Å². The van der Waals surface area contributed by atoms with E-state index in [-0.39, 0.29) is 60.2 Å². The van der Waals surface area contributed by atoms with E-state index in [9.17, 15) is 0 Å². The zero-order valence-electron chi connectivity index (χ0n) is 25.3. The third kappa shape index (κ3) is 5.70. The summed E-state index contributed by atoms with van der Waals surface area (Å²) >= 11 is 0. The summed E-state index contributed by atoms with van der Waals surface area (Å²) in [5.74, 6) is 0.395. The van der Waals surface area contributed by atoms with Gasteiger partial charge in [0.2, 0.25) is 0 Å². The van der Waals surface area contributed by atoms with Gasteiger partial charge < -0.3 is 11.8 Å². The molecule has 2 nitrogen and oxygen atoms in total. The van der Waals surface area contributed by atoms with Gasteiger partial charge in [0.1, 0.15) is 0 Å². The number of aromatic nitrogens is 2. The van der Waals surface area contributed by atoms with Gasteiger partial charge >= 0.3 is 0 Å². The van der Waals surface area contributed by atoms with E-state index in [1.165, 1.54) is 60.8 Å². The summed E-state index contributed by atoms with van der Waals surface area (Å²) in [7, 11) is 0. The van der Waals surface area contributed by atoms with E-state index in [4.69, 9.17) is 4.98 Å². The molecule has 4 heteroatoms. The largest absolute Gasteiger partial charge is 0.358 e. The summed E-state index contributed by atoms with van der Waals surface area (Å²) in [6.45, 7) is 8.93. The fourth-order valence-corrected chi connectivity index (χ4v) is 5.96. The first-order valence-corrected chi connectivity index (χ1v) is 14.0. The second-order valence-electron chi connectivity index (χ2n) is 11.1. The molecule has 2 heterocycles. The van der Waals surface area contributed by atoms with E-state index in [1.807, 2.05) is 6.07 Å². The molecule has 0 atom stereocenters. The molecule has 0 aliphatic heterocycles. The van der Waals surface area contributed by atoms with Crippen LogP contribution in [0.2, 0.25) is 0 Å². The fourth-order valence-electron chi connectivity index (χ4n) is 5.96. The maximum Gasteiger partial charge on any atom is 0.0646 e.